The van der Waals surface area contributed by atoms with Crippen LogP contribution in [0.25, 0.3) is 11.2 Å². The van der Waals surface area contributed by atoms with Crippen LogP contribution in [0.5, 0.6) is 0 Å². The number of aliphatic hydroxyl groups excluding tert-OH is 1. The van der Waals surface area contributed by atoms with Crippen molar-refractivity contribution >= 4 is 30.8 Å². The maximum atomic E-state index is 12.2. The first kappa shape index (κ1) is 21.4. The quantitative estimate of drug-likeness (QED) is 0.204. The van der Waals surface area contributed by atoms with E-state index < -0.39 is 44.3 Å². The van der Waals surface area contributed by atoms with Crippen molar-refractivity contribution in [2.75, 3.05) is 18.9 Å². The molecule has 0 radical (unpaired) electrons. The van der Waals surface area contributed by atoms with Gasteiger partial charge in [-0.25, -0.2) is 9.13 Å². The Bertz CT molecular complexity index is 1030. The maximum Gasteiger partial charge on any atom is 0.469 e. The number of fused-ring (bicyclic) bond motifs is 1. The molecule has 3 rings (SSSR count). The molecule has 1 amide bonds. The summed E-state index contributed by atoms with van der Waals surface area (Å²) in [4.78, 5) is 47.9. The summed E-state index contributed by atoms with van der Waals surface area (Å²) < 4.78 is 24.2. The number of nitrogens with one attached hydrogen (secondary N) is 2. The number of anilines is 1. The Labute approximate surface area is 163 Å². The summed E-state index contributed by atoms with van der Waals surface area (Å²) in [5, 5.41) is 13.4. The number of nitrogens with zero attached hydrogens (tertiary/aromatic N) is 3. The van der Waals surface area contributed by atoms with E-state index in [1.165, 1.54) is 22.4 Å². The number of rotatable bonds is 6. The number of aromatic nitrogens is 4. The van der Waals surface area contributed by atoms with Gasteiger partial charge in [-0.15, -0.1) is 0 Å². The smallest absolute Gasteiger partial charge is 0.386 e. The highest BCUT2D eigenvalue weighted by Gasteiger charge is 2.48. The summed E-state index contributed by atoms with van der Waals surface area (Å²) in [5.74, 6) is -1.24. The standard InChI is InChI=1S/C14H21N6O8P/c1-6(21)16-3-7-8(4-27-29(24,25)26)28-13(10(7)22)20-5-19(2)9-11(20)17-14(15)18-12(9)23/h5,7-8,10,13,22H,3-4H2,1-2H3,(H5-,15,16,17,18,21,23,24,25,26)/p+1/t7-,8-,10-,13-/m1/s1. The molecule has 0 spiro atoms. The Morgan fingerprint density at radius 1 is 1.55 bits per heavy atom. The molecular formula is C14H22N6O8P+. The molecule has 1 fully saturated rings. The Hall–Kier alpha value is -2.35. The van der Waals surface area contributed by atoms with Gasteiger partial charge < -0.3 is 30.7 Å². The number of nitrogens with two attached hydrogens (primary N) is 1. The summed E-state index contributed by atoms with van der Waals surface area (Å²) in [6.45, 7) is 0.743. The zero-order valence-corrected chi connectivity index (χ0v) is 16.4. The van der Waals surface area contributed by atoms with Crippen molar-refractivity contribution in [3.63, 3.8) is 0 Å². The Kier molecular flexibility index (Phi) is 5.76. The number of hydrogen-bond donors (Lipinski definition) is 6. The van der Waals surface area contributed by atoms with Crippen LogP contribution in [0.3, 0.4) is 0 Å². The van der Waals surface area contributed by atoms with Gasteiger partial charge in [0.25, 0.3) is 11.5 Å². The molecule has 14 nitrogen and oxygen atoms in total. The molecule has 1 saturated heterocycles. The number of amides is 1. The number of ether oxygens (including phenoxy) is 1. The van der Waals surface area contributed by atoms with Crippen molar-refractivity contribution in [2.45, 2.75) is 25.4 Å². The molecule has 3 heterocycles. The summed E-state index contributed by atoms with van der Waals surface area (Å²) in [5.41, 5.74) is 5.46. The molecule has 7 N–H and O–H groups in total. The van der Waals surface area contributed by atoms with Crippen LogP contribution in [-0.4, -0.2) is 60.7 Å². The largest absolute Gasteiger partial charge is 0.469 e. The van der Waals surface area contributed by atoms with E-state index in [-0.39, 0.29) is 29.6 Å². The zero-order valence-electron chi connectivity index (χ0n) is 15.6. The van der Waals surface area contributed by atoms with Gasteiger partial charge in [0, 0.05) is 19.4 Å². The monoisotopic (exact) mass is 433 g/mol. The topological polar surface area (TPSA) is 206 Å². The number of H-pyrrole nitrogens is 1. The number of phosphoric acid groups is 1. The minimum absolute atomic E-state index is 0.0241. The third-order valence-corrected chi connectivity index (χ3v) is 5.07. The SMILES string of the molecule is CC(=O)NC[C@H]1[C@@H](O)[C@H]([n+]2cn(C)c3c(=O)[nH]c(N)nc32)O[C@@H]1COP(=O)(O)O. The molecule has 2 aromatic heterocycles. The Morgan fingerprint density at radius 2 is 2.24 bits per heavy atom. The molecule has 1 aliphatic heterocycles. The van der Waals surface area contributed by atoms with Crippen molar-refractivity contribution in [1.29, 1.82) is 0 Å². The van der Waals surface area contributed by atoms with Gasteiger partial charge in [-0.3, -0.25) is 23.7 Å². The lowest BCUT2D eigenvalue weighted by atomic mass is 9.98. The number of nitrogen functional groups attached to an aromatic ring is 1. The van der Waals surface area contributed by atoms with E-state index in [1.54, 1.807) is 7.05 Å². The molecular weight excluding hydrogens is 411 g/mol. The number of imidazole rings is 1. The zero-order chi connectivity index (χ0) is 21.5. The molecule has 15 heteroatoms. The first-order valence-electron chi connectivity index (χ1n) is 8.52. The van der Waals surface area contributed by atoms with E-state index in [1.807, 2.05) is 0 Å². The van der Waals surface area contributed by atoms with Crippen molar-refractivity contribution in [3.05, 3.63) is 16.7 Å². The van der Waals surface area contributed by atoms with Gasteiger partial charge in [0.05, 0.1) is 19.8 Å². The average Bonchev–Trinajstić information content (AvgIpc) is 3.07. The summed E-state index contributed by atoms with van der Waals surface area (Å²) >= 11 is 0. The molecule has 29 heavy (non-hydrogen) atoms. The van der Waals surface area contributed by atoms with Crippen molar-refractivity contribution < 1.29 is 38.1 Å². The molecule has 2 aromatic rings. The fraction of sp³-hybridized carbons (Fsp3) is 0.571. The lowest BCUT2D eigenvalue weighted by Crippen LogP contribution is -2.46. The molecule has 160 valence electrons. The van der Waals surface area contributed by atoms with Gasteiger partial charge in [0.1, 0.15) is 6.10 Å². The first-order valence-corrected chi connectivity index (χ1v) is 10.0. The number of hydrogen-bond acceptors (Lipinski definition) is 8. The van der Waals surface area contributed by atoms with Crippen molar-refractivity contribution in [2.24, 2.45) is 13.0 Å². The molecule has 0 aliphatic carbocycles. The van der Waals surface area contributed by atoms with Crippen LogP contribution in [0.15, 0.2) is 11.1 Å². The van der Waals surface area contributed by atoms with Crippen LogP contribution in [0.2, 0.25) is 0 Å². The highest BCUT2D eigenvalue weighted by molar-refractivity contribution is 7.46. The van der Waals surface area contributed by atoms with Crippen LogP contribution in [-0.2, 0) is 25.7 Å². The predicted octanol–water partition coefficient (Wildman–Crippen LogP) is -2.75. The second-order valence-corrected chi connectivity index (χ2v) is 7.94. The minimum atomic E-state index is -4.78. The van der Waals surface area contributed by atoms with E-state index in [0.717, 1.165) is 0 Å². The van der Waals surface area contributed by atoms with Crippen LogP contribution in [0.4, 0.5) is 5.95 Å². The maximum absolute atomic E-state index is 12.2. The molecule has 0 aromatic carbocycles. The fourth-order valence-corrected chi connectivity index (χ4v) is 3.67. The average molecular weight is 433 g/mol. The van der Waals surface area contributed by atoms with E-state index in [4.69, 9.17) is 20.3 Å². The molecule has 0 saturated carbocycles. The summed E-state index contributed by atoms with van der Waals surface area (Å²) in [6, 6.07) is 0. The highest BCUT2D eigenvalue weighted by Crippen LogP contribution is 2.39. The lowest BCUT2D eigenvalue weighted by Gasteiger charge is -2.19. The third-order valence-electron chi connectivity index (χ3n) is 4.58. The second-order valence-electron chi connectivity index (χ2n) is 6.70. The number of aryl methyl sites for hydroxylation is 1. The number of phosphoric ester groups is 1. The van der Waals surface area contributed by atoms with Crippen LogP contribution in [0.1, 0.15) is 13.2 Å². The fourth-order valence-electron chi connectivity index (χ4n) is 3.32. The Morgan fingerprint density at radius 3 is 2.86 bits per heavy atom. The normalized spacial score (nSPS) is 24.9. The number of aromatic amines is 1. The van der Waals surface area contributed by atoms with Crippen LogP contribution in [0, 0.1) is 5.92 Å². The highest BCUT2D eigenvalue weighted by atomic mass is 31.2. The summed E-state index contributed by atoms with van der Waals surface area (Å²) in [6.07, 6.45) is -1.78. The molecule has 0 unspecified atom stereocenters. The Balaban J connectivity index is 1.97. The third kappa shape index (κ3) is 4.47. The van der Waals surface area contributed by atoms with Gasteiger partial charge in [-0.2, -0.15) is 0 Å². The van der Waals surface area contributed by atoms with Gasteiger partial charge in [0.15, 0.2) is 6.33 Å². The van der Waals surface area contributed by atoms with E-state index in [2.05, 4.69) is 19.8 Å². The summed E-state index contributed by atoms with van der Waals surface area (Å²) in [7, 11) is -3.18. The number of aliphatic hydroxyl groups is 1. The minimum Gasteiger partial charge on any atom is -0.386 e. The first-order chi connectivity index (χ1) is 13.5. The second kappa shape index (κ2) is 7.82. The predicted molar refractivity (Wildman–Crippen MR) is 96.0 cm³/mol. The number of carbonyl (C=O) groups excluding carboxylic acids is 1. The van der Waals surface area contributed by atoms with Gasteiger partial charge in [-0.1, -0.05) is 4.98 Å². The van der Waals surface area contributed by atoms with Crippen molar-refractivity contribution in [3.8, 4) is 0 Å². The van der Waals surface area contributed by atoms with E-state index >= 15 is 0 Å². The van der Waals surface area contributed by atoms with Gasteiger partial charge in [0.2, 0.25) is 17.7 Å². The van der Waals surface area contributed by atoms with Crippen LogP contribution >= 0.6 is 7.82 Å². The molecule has 0 bridgehead atoms. The van der Waals surface area contributed by atoms with E-state index in [9.17, 15) is 19.3 Å². The molecule has 1 aliphatic rings. The van der Waals surface area contributed by atoms with Gasteiger partial charge >= 0.3 is 13.5 Å². The van der Waals surface area contributed by atoms with Crippen LogP contribution < -0.4 is 21.2 Å². The van der Waals surface area contributed by atoms with E-state index in [0.29, 0.717) is 0 Å². The number of carbonyl (C=O) groups is 1. The van der Waals surface area contributed by atoms with Crippen molar-refractivity contribution in [1.82, 2.24) is 19.9 Å². The molecule has 4 atom stereocenters. The lowest BCUT2D eigenvalue weighted by molar-refractivity contribution is -0.745. The van der Waals surface area contributed by atoms with Gasteiger partial charge in [-0.05, 0) is 0 Å².